The van der Waals surface area contributed by atoms with Gasteiger partial charge in [0.05, 0.1) is 5.69 Å². The summed E-state index contributed by atoms with van der Waals surface area (Å²) in [5, 5.41) is 13.0. The highest BCUT2D eigenvalue weighted by atomic mass is 32.1. The number of para-hydroxylation sites is 1. The number of nitrogens with zero attached hydrogens (tertiary/aromatic N) is 1. The third kappa shape index (κ3) is 3.21. The van der Waals surface area contributed by atoms with Crippen LogP contribution in [0.1, 0.15) is 10.4 Å². The molecule has 1 aliphatic rings. The lowest BCUT2D eigenvalue weighted by Gasteiger charge is -2.18. The molecule has 0 radical (unpaired) electrons. The van der Waals surface area contributed by atoms with Crippen LogP contribution < -0.4 is 10.1 Å². The number of carboxylic acid groups (broad SMARTS) is 1. The topological polar surface area (TPSA) is 71.5 Å². The van der Waals surface area contributed by atoms with E-state index in [1.807, 2.05) is 48.5 Å². The number of thiazole rings is 1. The molecule has 0 saturated carbocycles. The molecule has 1 aliphatic carbocycles. The number of anilines is 2. The number of aromatic nitrogens is 1. The van der Waals surface area contributed by atoms with Crippen molar-refractivity contribution in [3.05, 3.63) is 59.0 Å². The molecule has 0 bridgehead atoms. The Hall–Kier alpha value is -2.86. The second kappa shape index (κ2) is 6.57. The van der Waals surface area contributed by atoms with Gasteiger partial charge in [0.15, 0.2) is 11.7 Å². The Morgan fingerprint density at radius 3 is 2.80 bits per heavy atom. The highest BCUT2D eigenvalue weighted by Crippen LogP contribution is 2.41. The minimum absolute atomic E-state index is 0.332. The highest BCUT2D eigenvalue weighted by Gasteiger charge is 2.23. The van der Waals surface area contributed by atoms with E-state index in [2.05, 4.69) is 5.32 Å². The van der Waals surface area contributed by atoms with Crippen molar-refractivity contribution in [2.24, 2.45) is 0 Å². The van der Waals surface area contributed by atoms with Gasteiger partial charge in [-0.25, -0.2) is 9.78 Å². The minimum Gasteiger partial charge on any atom is -0.482 e. The van der Waals surface area contributed by atoms with Crippen molar-refractivity contribution in [3.8, 4) is 17.0 Å². The van der Waals surface area contributed by atoms with E-state index in [9.17, 15) is 4.79 Å². The van der Waals surface area contributed by atoms with Crippen LogP contribution in [0.2, 0.25) is 0 Å². The summed E-state index contributed by atoms with van der Waals surface area (Å²) in [4.78, 5) is 16.8. The number of aryl methyl sites for hydroxylation is 1. The van der Waals surface area contributed by atoms with Gasteiger partial charge in [-0.15, -0.1) is 11.3 Å². The second-order valence-corrected chi connectivity index (χ2v) is 6.83. The fourth-order valence-electron chi connectivity index (χ4n) is 2.99. The van der Waals surface area contributed by atoms with Gasteiger partial charge in [-0.3, -0.25) is 0 Å². The van der Waals surface area contributed by atoms with Crippen LogP contribution in [0.25, 0.3) is 11.3 Å². The molecule has 0 unspecified atom stereocenters. The van der Waals surface area contributed by atoms with E-state index in [0.717, 1.165) is 40.5 Å². The summed E-state index contributed by atoms with van der Waals surface area (Å²) in [6, 6.07) is 15.7. The lowest BCUT2D eigenvalue weighted by molar-refractivity contribution is -0.139. The lowest BCUT2D eigenvalue weighted by atomic mass is 9.93. The molecule has 0 saturated heterocycles. The van der Waals surface area contributed by atoms with Gasteiger partial charge in [0.1, 0.15) is 5.75 Å². The molecule has 2 aromatic carbocycles. The van der Waals surface area contributed by atoms with Gasteiger partial charge in [0, 0.05) is 21.7 Å². The van der Waals surface area contributed by atoms with Crippen molar-refractivity contribution in [3.63, 3.8) is 0 Å². The first kappa shape index (κ1) is 15.7. The Morgan fingerprint density at radius 2 is 2.00 bits per heavy atom. The predicted octanol–water partition coefficient (Wildman–Crippen LogP) is 4.12. The van der Waals surface area contributed by atoms with Crippen LogP contribution in [0.5, 0.6) is 5.75 Å². The van der Waals surface area contributed by atoms with Crippen LogP contribution in [0.4, 0.5) is 10.8 Å². The molecular formula is C19H16N2O3S. The molecule has 0 aliphatic heterocycles. The zero-order chi connectivity index (χ0) is 17.2. The van der Waals surface area contributed by atoms with E-state index in [4.69, 9.17) is 14.8 Å². The van der Waals surface area contributed by atoms with E-state index in [1.165, 1.54) is 4.88 Å². The average molecular weight is 352 g/mol. The number of rotatable bonds is 5. The Bertz CT molecular complexity index is 922. The van der Waals surface area contributed by atoms with Crippen molar-refractivity contribution in [1.82, 2.24) is 4.98 Å². The number of nitrogens with one attached hydrogen (secondary N) is 1. The van der Waals surface area contributed by atoms with Crippen molar-refractivity contribution >= 4 is 28.1 Å². The fraction of sp³-hybridized carbons (Fsp3) is 0.158. The normalized spacial score (nSPS) is 12.2. The SMILES string of the molecule is O=C(O)COc1cccc2c1CCc1sc(Nc3ccccc3)nc1-2. The standard InChI is InChI=1S/C19H16N2O3S/c22-17(23)11-24-15-8-4-7-14-13(15)9-10-16-18(14)21-19(25-16)20-12-5-2-1-3-6-12/h1-8H,9-11H2,(H,20,21)(H,22,23). The maximum Gasteiger partial charge on any atom is 0.341 e. The Morgan fingerprint density at radius 1 is 1.16 bits per heavy atom. The van der Waals surface area contributed by atoms with Gasteiger partial charge < -0.3 is 15.2 Å². The maximum atomic E-state index is 10.8. The predicted molar refractivity (Wildman–Crippen MR) is 97.8 cm³/mol. The van der Waals surface area contributed by atoms with Gasteiger partial charge in [0.2, 0.25) is 0 Å². The Labute approximate surface area is 148 Å². The van der Waals surface area contributed by atoms with Gasteiger partial charge >= 0.3 is 5.97 Å². The van der Waals surface area contributed by atoms with Gasteiger partial charge in [-0.2, -0.15) is 0 Å². The Balaban J connectivity index is 1.65. The highest BCUT2D eigenvalue weighted by molar-refractivity contribution is 7.16. The number of carbonyl (C=O) groups is 1. The molecule has 4 rings (SSSR count). The molecule has 5 nitrogen and oxygen atoms in total. The van der Waals surface area contributed by atoms with Crippen LogP contribution >= 0.6 is 11.3 Å². The van der Waals surface area contributed by atoms with Crippen molar-refractivity contribution in [2.75, 3.05) is 11.9 Å². The van der Waals surface area contributed by atoms with Crippen molar-refractivity contribution in [1.29, 1.82) is 0 Å². The lowest BCUT2D eigenvalue weighted by Crippen LogP contribution is -2.12. The molecule has 1 aromatic heterocycles. The van der Waals surface area contributed by atoms with Crippen LogP contribution in [0.3, 0.4) is 0 Å². The van der Waals surface area contributed by atoms with Crippen molar-refractivity contribution < 1.29 is 14.6 Å². The van der Waals surface area contributed by atoms with E-state index >= 15 is 0 Å². The number of benzene rings is 2. The summed E-state index contributed by atoms with van der Waals surface area (Å²) in [6.45, 7) is -0.332. The summed E-state index contributed by atoms with van der Waals surface area (Å²) in [6.07, 6.45) is 1.70. The summed E-state index contributed by atoms with van der Waals surface area (Å²) >= 11 is 1.66. The second-order valence-electron chi connectivity index (χ2n) is 5.75. The third-order valence-corrected chi connectivity index (χ3v) is 5.09. The monoisotopic (exact) mass is 352 g/mol. The maximum absolute atomic E-state index is 10.8. The number of hydrogen-bond donors (Lipinski definition) is 2. The van der Waals surface area contributed by atoms with Crippen LogP contribution in [0.15, 0.2) is 48.5 Å². The van der Waals surface area contributed by atoms with Crippen LogP contribution in [-0.2, 0) is 17.6 Å². The molecule has 0 spiro atoms. The molecule has 1 heterocycles. The molecule has 3 aromatic rings. The summed E-state index contributed by atoms with van der Waals surface area (Å²) in [7, 11) is 0. The fourth-order valence-corrected chi connectivity index (χ4v) is 3.98. The first-order valence-corrected chi connectivity index (χ1v) is 8.81. The van der Waals surface area contributed by atoms with Crippen LogP contribution in [0, 0.1) is 0 Å². The van der Waals surface area contributed by atoms with E-state index in [1.54, 1.807) is 11.3 Å². The molecule has 6 heteroatoms. The van der Waals surface area contributed by atoms with Gasteiger partial charge in [0.25, 0.3) is 0 Å². The number of aliphatic carboxylic acids is 1. The zero-order valence-electron chi connectivity index (χ0n) is 13.4. The first-order chi connectivity index (χ1) is 12.2. The molecule has 126 valence electrons. The minimum atomic E-state index is -0.975. The molecule has 0 fully saturated rings. The molecule has 0 amide bonds. The number of carboxylic acids is 1. The molecular weight excluding hydrogens is 336 g/mol. The summed E-state index contributed by atoms with van der Waals surface area (Å²) in [5.41, 5.74) is 4.03. The largest absolute Gasteiger partial charge is 0.482 e. The van der Waals surface area contributed by atoms with E-state index in [0.29, 0.717) is 5.75 Å². The summed E-state index contributed by atoms with van der Waals surface area (Å²) in [5.74, 6) is -0.340. The average Bonchev–Trinajstić information content (AvgIpc) is 3.03. The summed E-state index contributed by atoms with van der Waals surface area (Å²) < 4.78 is 5.44. The van der Waals surface area contributed by atoms with Gasteiger partial charge in [-0.1, -0.05) is 30.3 Å². The van der Waals surface area contributed by atoms with Gasteiger partial charge in [-0.05, 0) is 31.0 Å². The molecule has 2 N–H and O–H groups in total. The van der Waals surface area contributed by atoms with E-state index in [-0.39, 0.29) is 6.61 Å². The van der Waals surface area contributed by atoms with Crippen LogP contribution in [-0.4, -0.2) is 22.7 Å². The van der Waals surface area contributed by atoms with Crippen molar-refractivity contribution in [2.45, 2.75) is 12.8 Å². The Kier molecular flexibility index (Phi) is 4.11. The zero-order valence-corrected chi connectivity index (χ0v) is 14.2. The number of fused-ring (bicyclic) bond motifs is 3. The van der Waals surface area contributed by atoms with E-state index < -0.39 is 5.97 Å². The smallest absolute Gasteiger partial charge is 0.341 e. The quantitative estimate of drug-likeness (QED) is 0.723. The number of ether oxygens (including phenoxy) is 1. The molecule has 25 heavy (non-hydrogen) atoms. The third-order valence-electron chi connectivity index (χ3n) is 4.06. The molecule has 0 atom stereocenters. The first-order valence-electron chi connectivity index (χ1n) is 7.99. The number of hydrogen-bond acceptors (Lipinski definition) is 5.